The van der Waals surface area contributed by atoms with Crippen LogP contribution in [-0.4, -0.2) is 9.78 Å². The summed E-state index contributed by atoms with van der Waals surface area (Å²) >= 11 is 5.91. The van der Waals surface area contributed by atoms with Crippen LogP contribution in [0.4, 0.5) is 0 Å². The Morgan fingerprint density at radius 1 is 1.75 bits per heavy atom. The number of aromatic nitrogens is 2. The van der Waals surface area contributed by atoms with Crippen molar-refractivity contribution in [2.24, 2.45) is 0 Å². The van der Waals surface area contributed by atoms with Crippen LogP contribution in [0.15, 0.2) is 6.20 Å². The molecule has 4 heteroatoms. The molecule has 0 saturated heterocycles. The standard InChI is InChI=1S/C8H10ClN3/c1-7-6-11-12(8(7)9)5-3-2-4-10/h6H,2-3,5H2,1H3. The van der Waals surface area contributed by atoms with Crippen LogP contribution in [0, 0.1) is 18.3 Å². The Labute approximate surface area is 76.6 Å². The predicted octanol–water partition coefficient (Wildman–Crippen LogP) is 2.15. The highest BCUT2D eigenvalue weighted by Crippen LogP contribution is 2.13. The average molecular weight is 184 g/mol. The van der Waals surface area contributed by atoms with Crippen LogP contribution < -0.4 is 0 Å². The maximum Gasteiger partial charge on any atom is 0.129 e. The van der Waals surface area contributed by atoms with Gasteiger partial charge in [0.1, 0.15) is 5.15 Å². The Hall–Kier alpha value is -1.01. The van der Waals surface area contributed by atoms with Crippen LogP contribution in [0.1, 0.15) is 18.4 Å². The third kappa shape index (κ3) is 1.99. The molecule has 3 nitrogen and oxygen atoms in total. The molecule has 0 aliphatic heterocycles. The van der Waals surface area contributed by atoms with Crippen LogP contribution in [0.25, 0.3) is 0 Å². The fraction of sp³-hybridized carbons (Fsp3) is 0.500. The van der Waals surface area contributed by atoms with Crippen molar-refractivity contribution in [3.63, 3.8) is 0 Å². The first-order chi connectivity index (χ1) is 5.75. The minimum absolute atomic E-state index is 0.551. The van der Waals surface area contributed by atoms with Crippen molar-refractivity contribution in [3.8, 4) is 6.07 Å². The summed E-state index contributed by atoms with van der Waals surface area (Å²) in [6.07, 6.45) is 3.08. The molecule has 0 N–H and O–H groups in total. The van der Waals surface area contributed by atoms with E-state index in [9.17, 15) is 0 Å². The normalized spacial score (nSPS) is 9.75. The number of halogens is 1. The van der Waals surface area contributed by atoms with E-state index in [2.05, 4.69) is 11.2 Å². The summed E-state index contributed by atoms with van der Waals surface area (Å²) in [5.74, 6) is 0. The number of hydrogen-bond acceptors (Lipinski definition) is 2. The number of nitrogens with zero attached hydrogens (tertiary/aromatic N) is 3. The maximum atomic E-state index is 8.31. The van der Waals surface area contributed by atoms with E-state index in [1.54, 1.807) is 10.9 Å². The van der Waals surface area contributed by atoms with Gasteiger partial charge in [0.25, 0.3) is 0 Å². The zero-order valence-corrected chi connectivity index (χ0v) is 7.67. The van der Waals surface area contributed by atoms with Gasteiger partial charge in [-0.1, -0.05) is 11.6 Å². The Balaban J connectivity index is 2.53. The number of hydrogen-bond donors (Lipinski definition) is 0. The van der Waals surface area contributed by atoms with Gasteiger partial charge in [-0.05, 0) is 13.3 Å². The zero-order valence-electron chi connectivity index (χ0n) is 6.92. The van der Waals surface area contributed by atoms with E-state index in [-0.39, 0.29) is 0 Å². The number of rotatable bonds is 3. The van der Waals surface area contributed by atoms with Gasteiger partial charge in [0, 0.05) is 18.5 Å². The maximum absolute atomic E-state index is 8.31. The number of nitriles is 1. The largest absolute Gasteiger partial charge is 0.254 e. The summed E-state index contributed by atoms with van der Waals surface area (Å²) in [5, 5.41) is 13.0. The highest BCUT2D eigenvalue weighted by molar-refractivity contribution is 6.30. The van der Waals surface area contributed by atoms with Crippen LogP contribution in [0.2, 0.25) is 5.15 Å². The molecule has 1 aromatic heterocycles. The highest BCUT2D eigenvalue weighted by Gasteiger charge is 2.02. The van der Waals surface area contributed by atoms with E-state index in [1.807, 2.05) is 6.92 Å². The summed E-state index contributed by atoms with van der Waals surface area (Å²) < 4.78 is 1.72. The second-order valence-corrected chi connectivity index (χ2v) is 2.96. The van der Waals surface area contributed by atoms with Crippen molar-refractivity contribution >= 4 is 11.6 Å². The van der Waals surface area contributed by atoms with E-state index >= 15 is 0 Å². The molecular formula is C8H10ClN3. The predicted molar refractivity (Wildman–Crippen MR) is 46.8 cm³/mol. The quantitative estimate of drug-likeness (QED) is 0.674. The number of aryl methyl sites for hydroxylation is 2. The molecule has 1 aromatic rings. The molecule has 64 valence electrons. The second kappa shape index (κ2) is 4.13. The van der Waals surface area contributed by atoms with E-state index in [1.165, 1.54) is 0 Å². The summed E-state index contributed by atoms with van der Waals surface area (Å²) in [6.45, 7) is 2.64. The molecule has 0 fully saturated rings. The average Bonchev–Trinajstić information content (AvgIpc) is 2.36. The van der Waals surface area contributed by atoms with Crippen molar-refractivity contribution in [2.45, 2.75) is 26.3 Å². The fourth-order valence-corrected chi connectivity index (χ4v) is 1.10. The van der Waals surface area contributed by atoms with Crippen molar-refractivity contribution in [1.82, 2.24) is 9.78 Å². The van der Waals surface area contributed by atoms with E-state index in [0.717, 1.165) is 18.5 Å². The lowest BCUT2D eigenvalue weighted by Crippen LogP contribution is -1.99. The molecule has 0 saturated carbocycles. The zero-order chi connectivity index (χ0) is 8.97. The molecule has 0 aliphatic carbocycles. The third-order valence-electron chi connectivity index (χ3n) is 1.60. The number of unbranched alkanes of at least 4 members (excludes halogenated alkanes) is 1. The fourth-order valence-electron chi connectivity index (χ4n) is 0.928. The lowest BCUT2D eigenvalue weighted by atomic mass is 10.3. The first-order valence-corrected chi connectivity index (χ1v) is 4.18. The summed E-state index contributed by atoms with van der Waals surface area (Å²) in [7, 11) is 0. The summed E-state index contributed by atoms with van der Waals surface area (Å²) in [6, 6.07) is 2.08. The van der Waals surface area contributed by atoms with Crippen LogP contribution in [0.3, 0.4) is 0 Å². The summed E-state index contributed by atoms with van der Waals surface area (Å²) in [5.41, 5.74) is 0.980. The highest BCUT2D eigenvalue weighted by atomic mass is 35.5. The van der Waals surface area contributed by atoms with Gasteiger partial charge in [0.2, 0.25) is 0 Å². The smallest absolute Gasteiger partial charge is 0.129 e. The lowest BCUT2D eigenvalue weighted by Gasteiger charge is -1.99. The molecule has 12 heavy (non-hydrogen) atoms. The molecule has 0 unspecified atom stereocenters. The minimum atomic E-state index is 0.551. The van der Waals surface area contributed by atoms with Gasteiger partial charge in [-0.25, -0.2) is 0 Å². The molecule has 0 aromatic carbocycles. The van der Waals surface area contributed by atoms with Crippen LogP contribution in [0.5, 0.6) is 0 Å². The molecule has 1 heterocycles. The molecular weight excluding hydrogens is 174 g/mol. The Kier molecular flexibility index (Phi) is 3.12. The van der Waals surface area contributed by atoms with Gasteiger partial charge in [-0.15, -0.1) is 0 Å². The van der Waals surface area contributed by atoms with Crippen molar-refractivity contribution in [1.29, 1.82) is 5.26 Å². The Bertz CT molecular complexity index is 298. The Morgan fingerprint density at radius 2 is 2.50 bits per heavy atom. The van der Waals surface area contributed by atoms with Gasteiger partial charge >= 0.3 is 0 Å². The molecule has 1 rings (SSSR count). The van der Waals surface area contributed by atoms with Crippen LogP contribution >= 0.6 is 11.6 Å². The van der Waals surface area contributed by atoms with Gasteiger partial charge in [-0.2, -0.15) is 10.4 Å². The molecule has 0 bridgehead atoms. The van der Waals surface area contributed by atoms with E-state index in [0.29, 0.717) is 11.6 Å². The summed E-state index contributed by atoms with van der Waals surface area (Å²) in [4.78, 5) is 0. The molecule has 0 atom stereocenters. The van der Waals surface area contributed by atoms with Gasteiger partial charge < -0.3 is 0 Å². The molecule has 0 spiro atoms. The Morgan fingerprint density at radius 3 is 3.00 bits per heavy atom. The molecule has 0 aliphatic rings. The van der Waals surface area contributed by atoms with Crippen molar-refractivity contribution < 1.29 is 0 Å². The van der Waals surface area contributed by atoms with Gasteiger partial charge in [0.05, 0.1) is 12.3 Å². The van der Waals surface area contributed by atoms with Crippen LogP contribution in [-0.2, 0) is 6.54 Å². The minimum Gasteiger partial charge on any atom is -0.254 e. The lowest BCUT2D eigenvalue weighted by molar-refractivity contribution is 0.586. The van der Waals surface area contributed by atoms with Crippen molar-refractivity contribution in [3.05, 3.63) is 16.9 Å². The SMILES string of the molecule is Cc1cnn(CCCC#N)c1Cl. The van der Waals surface area contributed by atoms with E-state index < -0.39 is 0 Å². The monoisotopic (exact) mass is 183 g/mol. The second-order valence-electron chi connectivity index (χ2n) is 2.60. The molecule has 0 radical (unpaired) electrons. The first kappa shape index (κ1) is 9.08. The van der Waals surface area contributed by atoms with Gasteiger partial charge in [0.15, 0.2) is 0 Å². The third-order valence-corrected chi connectivity index (χ3v) is 2.09. The molecule has 0 amide bonds. The van der Waals surface area contributed by atoms with Gasteiger partial charge in [-0.3, -0.25) is 4.68 Å². The van der Waals surface area contributed by atoms with E-state index in [4.69, 9.17) is 16.9 Å². The topological polar surface area (TPSA) is 41.6 Å². The van der Waals surface area contributed by atoms with Crippen molar-refractivity contribution in [2.75, 3.05) is 0 Å². The first-order valence-electron chi connectivity index (χ1n) is 3.80.